The van der Waals surface area contributed by atoms with Gasteiger partial charge in [0, 0.05) is 6.54 Å². The summed E-state index contributed by atoms with van der Waals surface area (Å²) in [6.07, 6.45) is 0. The Labute approximate surface area is 135 Å². The summed E-state index contributed by atoms with van der Waals surface area (Å²) in [5.41, 5.74) is 0.547. The normalized spacial score (nSPS) is 10.2. The van der Waals surface area contributed by atoms with Crippen molar-refractivity contribution in [2.24, 2.45) is 0 Å². The molecule has 0 heterocycles. The van der Waals surface area contributed by atoms with Crippen LogP contribution in [0.5, 0.6) is 0 Å². The fourth-order valence-electron chi connectivity index (χ4n) is 1.85. The lowest BCUT2D eigenvalue weighted by molar-refractivity contribution is 0.0600. The van der Waals surface area contributed by atoms with E-state index in [4.69, 9.17) is 0 Å². The molecule has 0 unspecified atom stereocenters. The van der Waals surface area contributed by atoms with Crippen molar-refractivity contribution in [2.75, 3.05) is 12.4 Å². The molecule has 0 aliphatic carbocycles. The van der Waals surface area contributed by atoms with Gasteiger partial charge in [-0.1, -0.05) is 12.1 Å². The van der Waals surface area contributed by atoms with Gasteiger partial charge in [0.1, 0.15) is 0 Å². The first-order valence-corrected chi connectivity index (χ1v) is 6.78. The van der Waals surface area contributed by atoms with Crippen LogP contribution in [0.25, 0.3) is 0 Å². The van der Waals surface area contributed by atoms with Gasteiger partial charge in [0.05, 0.1) is 18.4 Å². The molecule has 2 aromatic carbocycles. The highest BCUT2D eigenvalue weighted by molar-refractivity contribution is 5.90. The smallest absolute Gasteiger partial charge is 0.337 e. The van der Waals surface area contributed by atoms with Gasteiger partial charge in [-0.05, 0) is 29.8 Å². The van der Waals surface area contributed by atoms with Gasteiger partial charge in [-0.3, -0.25) is 0 Å². The predicted octanol–water partition coefficient (Wildman–Crippen LogP) is 3.21. The lowest BCUT2D eigenvalue weighted by Crippen LogP contribution is -2.28. The summed E-state index contributed by atoms with van der Waals surface area (Å²) >= 11 is 0. The van der Waals surface area contributed by atoms with Crippen LogP contribution in [0.2, 0.25) is 0 Å². The molecule has 24 heavy (non-hydrogen) atoms. The van der Waals surface area contributed by atoms with Crippen molar-refractivity contribution < 1.29 is 27.5 Å². The molecular formula is C16H13F3N2O3. The van der Waals surface area contributed by atoms with Gasteiger partial charge >= 0.3 is 12.0 Å². The minimum absolute atomic E-state index is 0.0819. The van der Waals surface area contributed by atoms with Crippen LogP contribution in [0.15, 0.2) is 36.4 Å². The summed E-state index contributed by atoms with van der Waals surface area (Å²) in [7, 11) is 1.26. The zero-order chi connectivity index (χ0) is 17.7. The number of halogens is 3. The van der Waals surface area contributed by atoms with Crippen molar-refractivity contribution in [3.63, 3.8) is 0 Å². The number of benzene rings is 2. The third-order valence-corrected chi connectivity index (χ3v) is 3.11. The Balaban J connectivity index is 1.94. The van der Waals surface area contributed by atoms with Gasteiger partial charge in [-0.25, -0.2) is 22.8 Å². The van der Waals surface area contributed by atoms with Crippen molar-refractivity contribution in [3.8, 4) is 0 Å². The zero-order valence-corrected chi connectivity index (χ0v) is 12.5. The fourth-order valence-corrected chi connectivity index (χ4v) is 1.85. The average molecular weight is 338 g/mol. The second-order valence-corrected chi connectivity index (χ2v) is 4.72. The highest BCUT2D eigenvalue weighted by Crippen LogP contribution is 2.19. The number of esters is 1. The number of anilines is 1. The Morgan fingerprint density at radius 1 is 1.00 bits per heavy atom. The summed E-state index contributed by atoms with van der Waals surface area (Å²) in [5, 5.41) is 4.50. The SMILES string of the molecule is COC(=O)c1ccc(CNC(=O)Nc2ccc(F)c(F)c2F)cc1. The highest BCUT2D eigenvalue weighted by atomic mass is 19.2. The van der Waals surface area contributed by atoms with E-state index >= 15 is 0 Å². The molecule has 2 N–H and O–H groups in total. The lowest BCUT2D eigenvalue weighted by Gasteiger charge is -2.09. The number of rotatable bonds is 4. The number of hydrogen-bond donors (Lipinski definition) is 2. The largest absolute Gasteiger partial charge is 0.465 e. The Hall–Kier alpha value is -3.03. The first kappa shape index (κ1) is 17.3. The average Bonchev–Trinajstić information content (AvgIpc) is 2.60. The molecule has 0 aromatic heterocycles. The van der Waals surface area contributed by atoms with Gasteiger partial charge in [0.2, 0.25) is 0 Å². The maximum Gasteiger partial charge on any atom is 0.337 e. The Morgan fingerprint density at radius 3 is 2.29 bits per heavy atom. The molecule has 5 nitrogen and oxygen atoms in total. The van der Waals surface area contributed by atoms with Crippen molar-refractivity contribution in [1.29, 1.82) is 0 Å². The molecule has 0 fully saturated rings. The van der Waals surface area contributed by atoms with E-state index in [1.54, 1.807) is 12.1 Å². The van der Waals surface area contributed by atoms with Crippen LogP contribution in [-0.4, -0.2) is 19.1 Å². The van der Waals surface area contributed by atoms with Gasteiger partial charge in [0.25, 0.3) is 0 Å². The second kappa shape index (κ2) is 7.49. The van der Waals surface area contributed by atoms with E-state index in [-0.39, 0.29) is 6.54 Å². The van der Waals surface area contributed by atoms with Crippen LogP contribution in [0.1, 0.15) is 15.9 Å². The van der Waals surface area contributed by atoms with E-state index in [1.165, 1.54) is 19.2 Å². The zero-order valence-electron chi connectivity index (χ0n) is 12.5. The Morgan fingerprint density at radius 2 is 1.67 bits per heavy atom. The predicted molar refractivity (Wildman–Crippen MR) is 80.0 cm³/mol. The van der Waals surface area contributed by atoms with E-state index in [0.29, 0.717) is 17.2 Å². The number of methoxy groups -OCH3 is 1. The van der Waals surface area contributed by atoms with Crippen molar-refractivity contribution in [1.82, 2.24) is 5.32 Å². The number of hydrogen-bond acceptors (Lipinski definition) is 3. The molecule has 2 aromatic rings. The number of urea groups is 1. The number of ether oxygens (including phenoxy) is 1. The van der Waals surface area contributed by atoms with Crippen LogP contribution < -0.4 is 10.6 Å². The summed E-state index contributed by atoms with van der Waals surface area (Å²) in [6.45, 7) is 0.0819. The Bertz CT molecular complexity index is 764. The lowest BCUT2D eigenvalue weighted by atomic mass is 10.1. The van der Waals surface area contributed by atoms with Crippen LogP contribution >= 0.6 is 0 Å². The third kappa shape index (κ3) is 4.03. The summed E-state index contributed by atoms with van der Waals surface area (Å²) in [5.74, 6) is -4.97. The first-order valence-electron chi connectivity index (χ1n) is 6.78. The highest BCUT2D eigenvalue weighted by Gasteiger charge is 2.15. The van der Waals surface area contributed by atoms with Crippen molar-refractivity contribution in [2.45, 2.75) is 6.54 Å². The molecule has 2 rings (SSSR count). The standard InChI is InChI=1S/C16H13F3N2O3/c1-24-15(22)10-4-2-9(3-5-10)8-20-16(23)21-12-7-6-11(17)13(18)14(12)19/h2-7H,8H2,1H3,(H2,20,21,23). The van der Waals surface area contributed by atoms with Gasteiger partial charge in [-0.15, -0.1) is 0 Å². The maximum absolute atomic E-state index is 13.4. The molecule has 0 saturated heterocycles. The number of carbonyl (C=O) groups is 2. The van der Waals surface area contributed by atoms with E-state index < -0.39 is 35.1 Å². The summed E-state index contributed by atoms with van der Waals surface area (Å²) in [4.78, 5) is 23.0. The minimum Gasteiger partial charge on any atom is -0.465 e. The van der Waals surface area contributed by atoms with Gasteiger partial charge < -0.3 is 15.4 Å². The molecule has 0 spiro atoms. The molecule has 0 bridgehead atoms. The quantitative estimate of drug-likeness (QED) is 0.664. The van der Waals surface area contributed by atoms with Crippen molar-refractivity contribution >= 4 is 17.7 Å². The molecule has 2 amide bonds. The van der Waals surface area contributed by atoms with Gasteiger partial charge in [0.15, 0.2) is 17.5 Å². The third-order valence-electron chi connectivity index (χ3n) is 3.11. The second-order valence-electron chi connectivity index (χ2n) is 4.72. The molecular weight excluding hydrogens is 325 g/mol. The number of carbonyl (C=O) groups excluding carboxylic acids is 2. The Kier molecular flexibility index (Phi) is 5.41. The van der Waals surface area contributed by atoms with Crippen molar-refractivity contribution in [3.05, 3.63) is 65.0 Å². The maximum atomic E-state index is 13.4. The number of amides is 2. The summed E-state index contributed by atoms with van der Waals surface area (Å²) < 4.78 is 43.9. The molecule has 8 heteroatoms. The molecule has 0 aliphatic rings. The molecule has 0 saturated carbocycles. The van der Waals surface area contributed by atoms with E-state index in [1.807, 2.05) is 0 Å². The molecule has 0 atom stereocenters. The molecule has 0 aliphatic heterocycles. The van der Waals surface area contributed by atoms with E-state index in [9.17, 15) is 22.8 Å². The van der Waals surface area contributed by atoms with Crippen LogP contribution in [0, 0.1) is 17.5 Å². The van der Waals surface area contributed by atoms with Gasteiger partial charge in [-0.2, -0.15) is 0 Å². The van der Waals surface area contributed by atoms with E-state index in [2.05, 4.69) is 15.4 Å². The molecule has 126 valence electrons. The summed E-state index contributed by atoms with van der Waals surface area (Å²) in [6, 6.07) is 7.08. The monoisotopic (exact) mass is 338 g/mol. The van der Waals surface area contributed by atoms with E-state index in [0.717, 1.165) is 6.07 Å². The minimum atomic E-state index is -1.66. The molecule has 0 radical (unpaired) electrons. The van der Waals surface area contributed by atoms with Crippen LogP contribution in [-0.2, 0) is 11.3 Å². The fraction of sp³-hybridized carbons (Fsp3) is 0.125. The number of nitrogens with one attached hydrogen (secondary N) is 2. The van der Waals surface area contributed by atoms with Crippen LogP contribution in [0.3, 0.4) is 0 Å². The van der Waals surface area contributed by atoms with Crippen LogP contribution in [0.4, 0.5) is 23.7 Å². The topological polar surface area (TPSA) is 67.4 Å². The first-order chi connectivity index (χ1) is 11.4.